The Morgan fingerprint density at radius 1 is 1.33 bits per heavy atom. The quantitative estimate of drug-likeness (QED) is 0.300. The van der Waals surface area contributed by atoms with Crippen LogP contribution < -0.4 is 17.1 Å². The minimum Gasteiger partial charge on any atom is -0.322 e. The number of hydrazine groups is 1. The Hall–Kier alpha value is -1.55. The molecule has 1 aromatic rings. The van der Waals surface area contributed by atoms with Crippen LogP contribution in [0.5, 0.6) is 0 Å². The van der Waals surface area contributed by atoms with Crippen molar-refractivity contribution in [1.82, 2.24) is 5.43 Å². The number of hydrogen-bond acceptors (Lipinski definition) is 3. The first-order valence-corrected chi connectivity index (χ1v) is 4.99. The Morgan fingerprint density at radius 2 is 1.93 bits per heavy atom. The molecule has 0 saturated carbocycles. The first kappa shape index (κ1) is 11.5. The third-order valence-electron chi connectivity index (χ3n) is 2.34. The molecule has 0 aromatic heterocycles. The molecule has 15 heavy (non-hydrogen) atoms. The van der Waals surface area contributed by atoms with E-state index < -0.39 is 0 Å². The lowest BCUT2D eigenvalue weighted by atomic mass is 10.0. The fourth-order valence-corrected chi connectivity index (χ4v) is 1.35. The second kappa shape index (κ2) is 5.36. The topological polar surface area (TPSA) is 76.4 Å². The van der Waals surface area contributed by atoms with E-state index >= 15 is 0 Å². The number of amidine groups is 1. The van der Waals surface area contributed by atoms with E-state index in [4.69, 9.17) is 11.7 Å². The molecule has 0 saturated heterocycles. The minimum absolute atomic E-state index is 0.550. The van der Waals surface area contributed by atoms with Gasteiger partial charge in [0.15, 0.2) is 0 Å². The molecule has 4 nitrogen and oxygen atoms in total. The molecule has 0 spiro atoms. The summed E-state index contributed by atoms with van der Waals surface area (Å²) in [4.78, 5) is 0. The highest BCUT2D eigenvalue weighted by molar-refractivity contribution is 5.83. The molecule has 0 aliphatic heterocycles. The predicted molar refractivity (Wildman–Crippen MR) is 63.2 cm³/mol. The van der Waals surface area contributed by atoms with Gasteiger partial charge in [0.25, 0.3) is 0 Å². The van der Waals surface area contributed by atoms with Crippen LogP contribution in [0, 0.1) is 0 Å². The molecule has 1 rings (SSSR count). The zero-order valence-electron chi connectivity index (χ0n) is 9.20. The van der Waals surface area contributed by atoms with Gasteiger partial charge in [-0.3, -0.25) is 0 Å². The summed E-state index contributed by atoms with van der Waals surface area (Å²) in [5.41, 5.74) is 4.93. The van der Waals surface area contributed by atoms with Crippen LogP contribution in [-0.2, 0) is 6.42 Å². The number of nitrogens with two attached hydrogens (primary N) is 2. The van der Waals surface area contributed by atoms with Crippen LogP contribution >= 0.6 is 0 Å². The highest BCUT2D eigenvalue weighted by atomic mass is 15.3. The van der Waals surface area contributed by atoms with Gasteiger partial charge in [0.05, 0.1) is 0 Å². The molecular weight excluding hydrogens is 188 g/mol. The van der Waals surface area contributed by atoms with Crippen LogP contribution in [0.25, 0.3) is 0 Å². The van der Waals surface area contributed by atoms with Gasteiger partial charge in [-0.15, -0.1) is 0 Å². The fourth-order valence-electron chi connectivity index (χ4n) is 1.35. The van der Waals surface area contributed by atoms with E-state index in [1.807, 2.05) is 0 Å². The van der Waals surface area contributed by atoms with Crippen molar-refractivity contribution in [3.63, 3.8) is 0 Å². The maximum Gasteiger partial charge on any atom is 0.140 e. The molecule has 0 bridgehead atoms. The van der Waals surface area contributed by atoms with Crippen molar-refractivity contribution in [2.24, 2.45) is 16.8 Å². The molecular formula is C11H18N4. The maximum atomic E-state index is 5.25. The van der Waals surface area contributed by atoms with E-state index in [2.05, 4.69) is 48.6 Å². The normalized spacial score (nSPS) is 11.9. The Kier molecular flexibility index (Phi) is 4.12. The number of benzene rings is 1. The highest BCUT2D eigenvalue weighted by Gasteiger charge is 2.01. The summed E-state index contributed by atoms with van der Waals surface area (Å²) in [5.74, 6) is 11.5. The van der Waals surface area contributed by atoms with Crippen molar-refractivity contribution < 1.29 is 0 Å². The SMILES string of the molecule is CC(C)c1ccc(C/C(=N/N)NN)cc1. The molecule has 4 heteroatoms. The van der Waals surface area contributed by atoms with Crippen LogP contribution in [0.15, 0.2) is 29.4 Å². The monoisotopic (exact) mass is 206 g/mol. The van der Waals surface area contributed by atoms with Crippen LogP contribution in [-0.4, -0.2) is 5.84 Å². The van der Waals surface area contributed by atoms with Gasteiger partial charge in [-0.25, -0.2) is 5.84 Å². The van der Waals surface area contributed by atoms with Crippen LogP contribution in [0.3, 0.4) is 0 Å². The molecule has 82 valence electrons. The van der Waals surface area contributed by atoms with Crippen LogP contribution in [0.2, 0.25) is 0 Å². The summed E-state index contributed by atoms with van der Waals surface area (Å²) in [7, 11) is 0. The molecule has 0 unspecified atom stereocenters. The summed E-state index contributed by atoms with van der Waals surface area (Å²) < 4.78 is 0. The average Bonchev–Trinajstić information content (AvgIpc) is 2.26. The number of nitrogens with zero attached hydrogens (tertiary/aromatic N) is 1. The lowest BCUT2D eigenvalue weighted by Crippen LogP contribution is -2.32. The summed E-state index contributed by atoms with van der Waals surface area (Å²) in [6, 6.07) is 8.37. The Bertz CT molecular complexity index is 327. The zero-order valence-corrected chi connectivity index (χ0v) is 9.20. The molecule has 5 N–H and O–H groups in total. The average molecular weight is 206 g/mol. The molecule has 0 amide bonds. The van der Waals surface area contributed by atoms with Gasteiger partial charge in [-0.1, -0.05) is 38.1 Å². The largest absolute Gasteiger partial charge is 0.322 e. The standard InChI is InChI=1S/C11H18N4/c1-8(2)10-5-3-9(4-6-10)7-11(14-12)15-13/h3-6,8H,7,12-13H2,1-2H3,(H,14,15). The van der Waals surface area contributed by atoms with Crippen molar-refractivity contribution in [1.29, 1.82) is 0 Å². The summed E-state index contributed by atoms with van der Waals surface area (Å²) >= 11 is 0. The Morgan fingerprint density at radius 3 is 2.33 bits per heavy atom. The van der Waals surface area contributed by atoms with E-state index in [9.17, 15) is 0 Å². The Labute approximate surface area is 90.3 Å². The van der Waals surface area contributed by atoms with Gasteiger partial charge in [-0.2, -0.15) is 5.10 Å². The summed E-state index contributed by atoms with van der Waals surface area (Å²) in [6.07, 6.45) is 0.630. The molecule has 0 aliphatic carbocycles. The first-order valence-electron chi connectivity index (χ1n) is 4.99. The van der Waals surface area contributed by atoms with Crippen molar-refractivity contribution in [2.45, 2.75) is 26.2 Å². The molecule has 0 aliphatic rings. The van der Waals surface area contributed by atoms with E-state index in [0.29, 0.717) is 18.2 Å². The lowest BCUT2D eigenvalue weighted by molar-refractivity contribution is 0.865. The van der Waals surface area contributed by atoms with Gasteiger partial charge in [0, 0.05) is 6.42 Å². The highest BCUT2D eigenvalue weighted by Crippen LogP contribution is 2.14. The smallest absolute Gasteiger partial charge is 0.140 e. The molecule has 0 atom stereocenters. The molecule has 0 radical (unpaired) electrons. The van der Waals surface area contributed by atoms with E-state index in [0.717, 1.165) is 5.56 Å². The third kappa shape index (κ3) is 3.25. The zero-order chi connectivity index (χ0) is 11.3. The van der Waals surface area contributed by atoms with Crippen molar-refractivity contribution >= 4 is 5.84 Å². The van der Waals surface area contributed by atoms with Gasteiger partial charge in [0.1, 0.15) is 5.84 Å². The van der Waals surface area contributed by atoms with E-state index in [1.54, 1.807) is 0 Å². The van der Waals surface area contributed by atoms with E-state index in [1.165, 1.54) is 5.56 Å². The number of hydrogen-bond donors (Lipinski definition) is 3. The third-order valence-corrected chi connectivity index (χ3v) is 2.34. The number of rotatable bonds is 3. The Balaban J connectivity index is 2.72. The number of nitrogens with one attached hydrogen (secondary N) is 1. The van der Waals surface area contributed by atoms with Crippen LogP contribution in [0.1, 0.15) is 30.9 Å². The second-order valence-corrected chi connectivity index (χ2v) is 3.79. The fraction of sp³-hybridized carbons (Fsp3) is 0.364. The lowest BCUT2D eigenvalue weighted by Gasteiger charge is -2.07. The summed E-state index contributed by atoms with van der Waals surface area (Å²) in [6.45, 7) is 4.34. The molecule has 0 fully saturated rings. The summed E-state index contributed by atoms with van der Waals surface area (Å²) in [5, 5.41) is 3.54. The predicted octanol–water partition coefficient (Wildman–Crippen LogP) is 1.09. The van der Waals surface area contributed by atoms with Gasteiger partial charge in [0.2, 0.25) is 0 Å². The molecule has 1 aromatic carbocycles. The van der Waals surface area contributed by atoms with Gasteiger partial charge >= 0.3 is 0 Å². The number of hydrazone groups is 1. The van der Waals surface area contributed by atoms with Crippen molar-refractivity contribution in [3.8, 4) is 0 Å². The first-order chi connectivity index (χ1) is 7.17. The minimum atomic E-state index is 0.550. The van der Waals surface area contributed by atoms with E-state index in [-0.39, 0.29) is 0 Å². The van der Waals surface area contributed by atoms with Crippen molar-refractivity contribution in [3.05, 3.63) is 35.4 Å². The second-order valence-electron chi connectivity index (χ2n) is 3.79. The van der Waals surface area contributed by atoms with Crippen molar-refractivity contribution in [2.75, 3.05) is 0 Å². The van der Waals surface area contributed by atoms with Gasteiger partial charge < -0.3 is 11.3 Å². The van der Waals surface area contributed by atoms with Gasteiger partial charge in [-0.05, 0) is 17.0 Å². The van der Waals surface area contributed by atoms with Crippen LogP contribution in [0.4, 0.5) is 0 Å². The maximum absolute atomic E-state index is 5.25. The molecule has 0 heterocycles.